The first kappa shape index (κ1) is 14.8. The van der Waals surface area contributed by atoms with Crippen LogP contribution in [0.5, 0.6) is 5.75 Å². The third-order valence-electron chi connectivity index (χ3n) is 3.79. The molecular formula is C15H21N3O2. The number of aliphatic hydroxyl groups excluding tert-OH is 1. The van der Waals surface area contributed by atoms with Crippen molar-refractivity contribution >= 4 is 0 Å². The van der Waals surface area contributed by atoms with E-state index in [9.17, 15) is 10.4 Å². The van der Waals surface area contributed by atoms with E-state index in [1.165, 1.54) is 0 Å². The Labute approximate surface area is 119 Å². The molecule has 2 rings (SSSR count). The van der Waals surface area contributed by atoms with Gasteiger partial charge in [0, 0.05) is 38.3 Å². The average molecular weight is 275 g/mol. The van der Waals surface area contributed by atoms with Crippen molar-refractivity contribution in [3.63, 3.8) is 0 Å². The largest absolute Gasteiger partial charge is 0.508 e. The van der Waals surface area contributed by atoms with E-state index in [2.05, 4.69) is 15.9 Å². The molecule has 1 heterocycles. The minimum absolute atomic E-state index is 0.167. The Morgan fingerprint density at radius 3 is 2.60 bits per heavy atom. The van der Waals surface area contributed by atoms with Crippen molar-refractivity contribution in [2.24, 2.45) is 0 Å². The zero-order valence-electron chi connectivity index (χ0n) is 11.8. The molecule has 0 amide bonds. The van der Waals surface area contributed by atoms with Crippen LogP contribution < -0.4 is 0 Å². The summed E-state index contributed by atoms with van der Waals surface area (Å²) in [4.78, 5) is 4.27. The smallest absolute Gasteiger partial charge is 0.127 e. The predicted molar refractivity (Wildman–Crippen MR) is 76.3 cm³/mol. The predicted octanol–water partition coefficient (Wildman–Crippen LogP) is 0.875. The number of hydrogen-bond acceptors (Lipinski definition) is 5. The van der Waals surface area contributed by atoms with Crippen LogP contribution in [0.4, 0.5) is 0 Å². The summed E-state index contributed by atoms with van der Waals surface area (Å²) in [6.45, 7) is 6.02. The molecule has 1 aliphatic heterocycles. The van der Waals surface area contributed by atoms with Gasteiger partial charge in [0.1, 0.15) is 11.8 Å². The number of phenolic OH excluding ortho intramolecular Hbond substituents is 1. The highest BCUT2D eigenvalue weighted by Crippen LogP contribution is 2.29. The van der Waals surface area contributed by atoms with Crippen LogP contribution in [0.2, 0.25) is 0 Å². The lowest BCUT2D eigenvalue weighted by Gasteiger charge is -2.36. The Morgan fingerprint density at radius 1 is 1.30 bits per heavy atom. The highest BCUT2D eigenvalue weighted by molar-refractivity contribution is 5.40. The van der Waals surface area contributed by atoms with Gasteiger partial charge in [0.25, 0.3) is 0 Å². The Kier molecular flexibility index (Phi) is 4.96. The summed E-state index contributed by atoms with van der Waals surface area (Å²) in [5.74, 6) is 0.180. The van der Waals surface area contributed by atoms with Gasteiger partial charge in [-0.15, -0.1) is 0 Å². The van der Waals surface area contributed by atoms with Crippen LogP contribution >= 0.6 is 0 Å². The summed E-state index contributed by atoms with van der Waals surface area (Å²) in [6.07, 6.45) is 0. The summed E-state index contributed by atoms with van der Waals surface area (Å²) in [5.41, 5.74) is 1.72. The molecule has 1 aliphatic rings. The zero-order valence-corrected chi connectivity index (χ0v) is 11.8. The van der Waals surface area contributed by atoms with Gasteiger partial charge in [-0.05, 0) is 19.1 Å². The van der Waals surface area contributed by atoms with E-state index >= 15 is 0 Å². The van der Waals surface area contributed by atoms with Crippen LogP contribution in [0.15, 0.2) is 18.2 Å². The number of benzene rings is 1. The molecule has 0 saturated carbocycles. The third-order valence-corrected chi connectivity index (χ3v) is 3.79. The summed E-state index contributed by atoms with van der Waals surface area (Å²) in [6, 6.07) is 7.26. The Morgan fingerprint density at radius 2 is 2.00 bits per heavy atom. The molecule has 5 nitrogen and oxygen atoms in total. The molecule has 0 bridgehead atoms. The maximum absolute atomic E-state index is 9.98. The molecule has 0 aromatic heterocycles. The second-order valence-corrected chi connectivity index (χ2v) is 5.20. The van der Waals surface area contributed by atoms with Crippen LogP contribution in [0.1, 0.15) is 17.2 Å². The van der Waals surface area contributed by atoms with Crippen molar-refractivity contribution in [1.29, 1.82) is 5.26 Å². The lowest BCUT2D eigenvalue weighted by molar-refractivity contribution is 0.0975. The summed E-state index contributed by atoms with van der Waals surface area (Å²) >= 11 is 0. The third kappa shape index (κ3) is 3.28. The molecule has 0 aliphatic carbocycles. The zero-order chi connectivity index (χ0) is 14.5. The second-order valence-electron chi connectivity index (χ2n) is 5.20. The van der Waals surface area contributed by atoms with Gasteiger partial charge in [0.05, 0.1) is 12.7 Å². The van der Waals surface area contributed by atoms with Crippen LogP contribution in [-0.4, -0.2) is 59.3 Å². The molecule has 1 fully saturated rings. The maximum atomic E-state index is 9.98. The molecular weight excluding hydrogens is 254 g/mol. The van der Waals surface area contributed by atoms with Crippen molar-refractivity contribution in [3.05, 3.63) is 29.3 Å². The van der Waals surface area contributed by atoms with Crippen LogP contribution in [0.3, 0.4) is 0 Å². The number of nitrogens with zero attached hydrogens (tertiary/aromatic N) is 3. The molecule has 1 aromatic carbocycles. The van der Waals surface area contributed by atoms with Gasteiger partial charge >= 0.3 is 0 Å². The van der Waals surface area contributed by atoms with E-state index in [1.807, 2.05) is 19.1 Å². The van der Waals surface area contributed by atoms with Crippen LogP contribution in [0, 0.1) is 18.3 Å². The Hall–Kier alpha value is -1.61. The molecule has 5 heteroatoms. The number of phenols is 1. The fraction of sp³-hybridized carbons (Fsp3) is 0.533. The van der Waals surface area contributed by atoms with Crippen molar-refractivity contribution in [2.75, 3.05) is 39.3 Å². The van der Waals surface area contributed by atoms with Gasteiger partial charge in [-0.2, -0.15) is 5.26 Å². The molecule has 0 spiro atoms. The van der Waals surface area contributed by atoms with E-state index in [0.29, 0.717) is 12.1 Å². The van der Waals surface area contributed by atoms with Gasteiger partial charge in [-0.3, -0.25) is 9.80 Å². The number of aryl methyl sites for hydroxylation is 1. The number of nitriles is 1. The van der Waals surface area contributed by atoms with Crippen LogP contribution in [-0.2, 0) is 0 Å². The molecule has 1 atom stereocenters. The molecule has 1 unspecified atom stereocenters. The van der Waals surface area contributed by atoms with E-state index in [-0.39, 0.29) is 12.4 Å². The standard InChI is InChI=1S/C15H21N3O2/c1-12-2-3-15(20)13(10-12)14(11-16)18-6-4-17(5-7-18)8-9-19/h2-3,10,14,19-20H,4-9H2,1H3. The Balaban J connectivity index is 2.10. The molecule has 1 saturated heterocycles. The number of piperazine rings is 1. The minimum Gasteiger partial charge on any atom is -0.508 e. The number of aromatic hydroxyl groups is 1. The quantitative estimate of drug-likeness (QED) is 0.853. The molecule has 20 heavy (non-hydrogen) atoms. The first-order chi connectivity index (χ1) is 9.65. The fourth-order valence-electron chi connectivity index (χ4n) is 2.63. The van der Waals surface area contributed by atoms with Gasteiger partial charge in [-0.25, -0.2) is 0 Å². The lowest BCUT2D eigenvalue weighted by atomic mass is 10.0. The second kappa shape index (κ2) is 6.71. The van der Waals surface area contributed by atoms with E-state index < -0.39 is 6.04 Å². The fourth-order valence-corrected chi connectivity index (χ4v) is 2.63. The lowest BCUT2D eigenvalue weighted by Crippen LogP contribution is -2.48. The van der Waals surface area contributed by atoms with Crippen LogP contribution in [0.25, 0.3) is 0 Å². The van der Waals surface area contributed by atoms with E-state index in [1.54, 1.807) is 6.07 Å². The monoisotopic (exact) mass is 275 g/mol. The highest BCUT2D eigenvalue weighted by Gasteiger charge is 2.26. The first-order valence-electron chi connectivity index (χ1n) is 6.92. The number of aliphatic hydroxyl groups is 1. The van der Waals surface area contributed by atoms with E-state index in [0.717, 1.165) is 31.7 Å². The molecule has 1 aromatic rings. The van der Waals surface area contributed by atoms with E-state index in [4.69, 9.17) is 5.11 Å². The SMILES string of the molecule is Cc1ccc(O)c(C(C#N)N2CCN(CCO)CC2)c1. The minimum atomic E-state index is -0.411. The number of β-amino-alcohol motifs (C(OH)–C–C–N with tert-alkyl or cyclic N) is 1. The van der Waals surface area contributed by atoms with Crippen molar-refractivity contribution in [1.82, 2.24) is 9.80 Å². The highest BCUT2D eigenvalue weighted by atomic mass is 16.3. The number of hydrogen-bond donors (Lipinski definition) is 2. The summed E-state index contributed by atoms with van der Waals surface area (Å²) < 4.78 is 0. The first-order valence-corrected chi connectivity index (χ1v) is 6.92. The molecule has 0 radical (unpaired) electrons. The molecule has 108 valence electrons. The summed E-state index contributed by atoms with van der Waals surface area (Å²) in [5, 5.41) is 28.4. The topological polar surface area (TPSA) is 70.7 Å². The Bertz CT molecular complexity index is 490. The van der Waals surface area contributed by atoms with Gasteiger partial charge in [0.15, 0.2) is 0 Å². The van der Waals surface area contributed by atoms with Crippen molar-refractivity contribution < 1.29 is 10.2 Å². The normalized spacial score (nSPS) is 18.6. The van der Waals surface area contributed by atoms with Gasteiger partial charge in [-0.1, -0.05) is 11.6 Å². The van der Waals surface area contributed by atoms with Crippen molar-refractivity contribution in [3.8, 4) is 11.8 Å². The molecule has 2 N–H and O–H groups in total. The summed E-state index contributed by atoms with van der Waals surface area (Å²) in [7, 11) is 0. The van der Waals surface area contributed by atoms with Gasteiger partial charge < -0.3 is 10.2 Å². The van der Waals surface area contributed by atoms with Crippen molar-refractivity contribution in [2.45, 2.75) is 13.0 Å². The number of rotatable bonds is 4. The maximum Gasteiger partial charge on any atom is 0.127 e. The average Bonchev–Trinajstić information content (AvgIpc) is 2.45. The van der Waals surface area contributed by atoms with Gasteiger partial charge in [0.2, 0.25) is 0 Å².